The molecule has 182 valence electrons. The average Bonchev–Trinajstić information content (AvgIpc) is 3.22. The molecular weight excluding hydrogens is 428 g/mol. The van der Waals surface area contributed by atoms with Crippen LogP contribution in [0.15, 0.2) is 36.5 Å². The first kappa shape index (κ1) is 22.1. The van der Waals surface area contributed by atoms with Gasteiger partial charge in [-0.25, -0.2) is 4.68 Å². The number of aromatic nitrogens is 2. The van der Waals surface area contributed by atoms with E-state index < -0.39 is 0 Å². The molecule has 2 aromatic rings. The molecule has 0 atom stereocenters. The van der Waals surface area contributed by atoms with Gasteiger partial charge >= 0.3 is 0 Å². The van der Waals surface area contributed by atoms with Crippen molar-refractivity contribution < 1.29 is 14.3 Å². The second-order valence-corrected chi connectivity index (χ2v) is 11.0. The van der Waals surface area contributed by atoms with E-state index in [-0.39, 0.29) is 11.4 Å². The predicted molar refractivity (Wildman–Crippen MR) is 129 cm³/mol. The highest BCUT2D eigenvalue weighted by Crippen LogP contribution is 2.55. The van der Waals surface area contributed by atoms with Crippen LogP contribution in [0.2, 0.25) is 0 Å². The fraction of sp³-hybridized carbons (Fsp3) is 0.630. The summed E-state index contributed by atoms with van der Waals surface area (Å²) in [6.45, 7) is 5.31. The summed E-state index contributed by atoms with van der Waals surface area (Å²) in [5, 5.41) is 8.09. The molecule has 7 heteroatoms. The van der Waals surface area contributed by atoms with Gasteiger partial charge in [0.2, 0.25) is 5.88 Å². The van der Waals surface area contributed by atoms with Crippen LogP contribution in [0.4, 0.5) is 0 Å². The Kier molecular flexibility index (Phi) is 6.08. The van der Waals surface area contributed by atoms with Crippen LogP contribution in [0, 0.1) is 17.8 Å². The standard InChI is InChI=1S/C27H36N4O3/c32-25(29-27-15-21-12-22(16-27)14-23(13-21)17-27)24-18-28-31(19-20-4-2-1-3-5-20)26(24)34-11-8-30-6-9-33-10-7-30/h1-5,18,21-23H,6-17,19H2,(H,29,32). The zero-order valence-electron chi connectivity index (χ0n) is 20.0. The van der Waals surface area contributed by atoms with Gasteiger partial charge in [-0.3, -0.25) is 9.69 Å². The van der Waals surface area contributed by atoms with Gasteiger partial charge in [0.15, 0.2) is 0 Å². The Morgan fingerprint density at radius 2 is 1.74 bits per heavy atom. The lowest BCUT2D eigenvalue weighted by atomic mass is 9.53. The minimum atomic E-state index is -0.0293. The van der Waals surface area contributed by atoms with E-state index in [1.165, 1.54) is 19.3 Å². The molecule has 5 fully saturated rings. The maximum atomic E-state index is 13.6. The molecule has 4 aliphatic carbocycles. The Bertz CT molecular complexity index is 963. The number of hydrogen-bond acceptors (Lipinski definition) is 5. The molecule has 1 aromatic heterocycles. The number of rotatable bonds is 8. The number of ether oxygens (including phenoxy) is 2. The molecule has 0 spiro atoms. The van der Waals surface area contributed by atoms with Crippen LogP contribution in [-0.4, -0.2) is 65.6 Å². The van der Waals surface area contributed by atoms with Crippen LogP contribution in [0.5, 0.6) is 5.88 Å². The first-order valence-electron chi connectivity index (χ1n) is 13.0. The summed E-state index contributed by atoms with van der Waals surface area (Å²) in [5.74, 6) is 2.92. The Morgan fingerprint density at radius 3 is 2.41 bits per heavy atom. The molecular formula is C27H36N4O3. The monoisotopic (exact) mass is 464 g/mol. The normalized spacial score (nSPS) is 30.4. The predicted octanol–water partition coefficient (Wildman–Crippen LogP) is 3.34. The third-order valence-electron chi connectivity index (χ3n) is 8.38. The fourth-order valence-electron chi connectivity index (χ4n) is 7.22. The summed E-state index contributed by atoms with van der Waals surface area (Å²) >= 11 is 0. The third-order valence-corrected chi connectivity index (χ3v) is 8.38. The lowest BCUT2D eigenvalue weighted by Crippen LogP contribution is -2.59. The average molecular weight is 465 g/mol. The van der Waals surface area contributed by atoms with Crippen molar-refractivity contribution in [1.29, 1.82) is 0 Å². The zero-order chi connectivity index (χ0) is 23.0. The summed E-state index contributed by atoms with van der Waals surface area (Å²) in [6.07, 6.45) is 9.19. The van der Waals surface area contributed by atoms with Crippen molar-refractivity contribution in [2.75, 3.05) is 39.5 Å². The quantitative estimate of drug-likeness (QED) is 0.649. The summed E-state index contributed by atoms with van der Waals surface area (Å²) in [7, 11) is 0. The smallest absolute Gasteiger partial charge is 0.258 e. The Morgan fingerprint density at radius 1 is 1.06 bits per heavy atom. The van der Waals surface area contributed by atoms with E-state index in [0.717, 1.165) is 75.4 Å². The first-order valence-corrected chi connectivity index (χ1v) is 13.0. The second-order valence-electron chi connectivity index (χ2n) is 11.0. The Balaban J connectivity index is 1.19. The van der Waals surface area contributed by atoms with Crippen LogP contribution in [0.3, 0.4) is 0 Å². The minimum absolute atomic E-state index is 0.0253. The lowest BCUT2D eigenvalue weighted by molar-refractivity contribution is -0.0167. The van der Waals surface area contributed by atoms with Gasteiger partial charge in [0.1, 0.15) is 12.2 Å². The number of carbonyl (C=O) groups excluding carboxylic acids is 1. The van der Waals surface area contributed by atoms with Crippen LogP contribution in [0.25, 0.3) is 0 Å². The molecule has 2 heterocycles. The number of nitrogens with zero attached hydrogens (tertiary/aromatic N) is 3. The van der Waals surface area contributed by atoms with Gasteiger partial charge in [-0.15, -0.1) is 0 Å². The van der Waals surface area contributed by atoms with Crippen LogP contribution < -0.4 is 10.1 Å². The van der Waals surface area contributed by atoms with Gasteiger partial charge < -0.3 is 14.8 Å². The fourth-order valence-corrected chi connectivity index (χ4v) is 7.22. The van der Waals surface area contributed by atoms with Crippen molar-refractivity contribution in [3.8, 4) is 5.88 Å². The summed E-state index contributed by atoms with van der Waals surface area (Å²) in [5.41, 5.74) is 1.67. The zero-order valence-corrected chi connectivity index (χ0v) is 20.0. The van der Waals surface area contributed by atoms with Crippen LogP contribution >= 0.6 is 0 Å². The molecule has 0 radical (unpaired) electrons. The number of nitrogens with one attached hydrogen (secondary N) is 1. The van der Waals surface area contributed by atoms with E-state index in [9.17, 15) is 4.79 Å². The van der Waals surface area contributed by atoms with E-state index in [4.69, 9.17) is 9.47 Å². The van der Waals surface area contributed by atoms with Crippen molar-refractivity contribution in [3.63, 3.8) is 0 Å². The van der Waals surface area contributed by atoms with Crippen LogP contribution in [-0.2, 0) is 11.3 Å². The first-order chi connectivity index (χ1) is 16.7. The van der Waals surface area contributed by atoms with Crippen LogP contribution in [0.1, 0.15) is 54.4 Å². The highest BCUT2D eigenvalue weighted by molar-refractivity contribution is 5.96. The highest BCUT2D eigenvalue weighted by Gasteiger charge is 2.51. The van der Waals surface area contributed by atoms with Crippen molar-refractivity contribution in [2.45, 2.75) is 50.6 Å². The van der Waals surface area contributed by atoms with E-state index in [1.807, 2.05) is 22.9 Å². The molecule has 5 aliphatic rings. The topological polar surface area (TPSA) is 68.6 Å². The molecule has 4 saturated carbocycles. The maximum Gasteiger partial charge on any atom is 0.258 e. The van der Waals surface area contributed by atoms with Crippen molar-refractivity contribution in [3.05, 3.63) is 47.7 Å². The van der Waals surface area contributed by atoms with E-state index in [0.29, 0.717) is 24.6 Å². The Hall–Kier alpha value is -2.38. The number of morpholine rings is 1. The third kappa shape index (κ3) is 4.60. The molecule has 7 nitrogen and oxygen atoms in total. The second kappa shape index (κ2) is 9.34. The molecule has 1 aliphatic heterocycles. The maximum absolute atomic E-state index is 13.6. The van der Waals surface area contributed by atoms with E-state index >= 15 is 0 Å². The van der Waals surface area contributed by atoms with Gasteiger partial charge in [-0.05, 0) is 61.8 Å². The molecule has 1 amide bonds. The molecule has 4 bridgehead atoms. The van der Waals surface area contributed by atoms with Gasteiger partial charge in [-0.1, -0.05) is 30.3 Å². The largest absolute Gasteiger partial charge is 0.476 e. The summed E-state index contributed by atoms with van der Waals surface area (Å²) < 4.78 is 13.6. The number of amides is 1. The Labute approximate surface area is 201 Å². The van der Waals surface area contributed by atoms with Gasteiger partial charge in [0.25, 0.3) is 5.91 Å². The van der Waals surface area contributed by atoms with E-state index in [2.05, 4.69) is 27.4 Å². The van der Waals surface area contributed by atoms with Gasteiger partial charge in [0, 0.05) is 25.2 Å². The highest BCUT2D eigenvalue weighted by atomic mass is 16.5. The molecule has 7 rings (SSSR count). The molecule has 0 unspecified atom stereocenters. The number of benzene rings is 1. The number of hydrogen-bond donors (Lipinski definition) is 1. The summed E-state index contributed by atoms with van der Waals surface area (Å²) in [6, 6.07) is 10.2. The van der Waals surface area contributed by atoms with Crippen molar-refractivity contribution >= 4 is 5.91 Å². The molecule has 1 N–H and O–H groups in total. The van der Waals surface area contributed by atoms with Gasteiger partial charge in [0.05, 0.1) is 26.0 Å². The SMILES string of the molecule is O=C(NC12CC3CC(CC(C3)C1)C2)c1cnn(Cc2ccccc2)c1OCCN1CCOCC1. The molecule has 1 aromatic carbocycles. The van der Waals surface area contributed by atoms with E-state index in [1.54, 1.807) is 6.20 Å². The summed E-state index contributed by atoms with van der Waals surface area (Å²) in [4.78, 5) is 16.0. The minimum Gasteiger partial charge on any atom is -0.476 e. The number of carbonyl (C=O) groups is 1. The molecule has 1 saturated heterocycles. The van der Waals surface area contributed by atoms with Crippen molar-refractivity contribution in [2.24, 2.45) is 17.8 Å². The lowest BCUT2D eigenvalue weighted by Gasteiger charge is -2.56. The molecule has 34 heavy (non-hydrogen) atoms. The van der Waals surface area contributed by atoms with Gasteiger partial charge in [-0.2, -0.15) is 5.10 Å². The van der Waals surface area contributed by atoms with Crippen molar-refractivity contribution in [1.82, 2.24) is 20.0 Å².